The molecule has 7 rings (SSSR count). The van der Waals surface area contributed by atoms with Crippen LogP contribution in [-0.2, 0) is 24.6 Å². The number of para-hydroxylation sites is 2. The topological polar surface area (TPSA) is 73.2 Å². The van der Waals surface area contributed by atoms with E-state index < -0.39 is 21.6 Å². The van der Waals surface area contributed by atoms with E-state index in [0.29, 0.717) is 0 Å². The first-order valence-electron chi connectivity index (χ1n) is 16.4. The minimum absolute atomic E-state index is 0.0302. The van der Waals surface area contributed by atoms with Crippen molar-refractivity contribution in [3.63, 3.8) is 0 Å². The number of rotatable bonds is 9. The van der Waals surface area contributed by atoms with E-state index >= 15 is 0 Å². The maximum atomic E-state index is 6.61. The molecule has 0 unspecified atom stereocenters. The van der Waals surface area contributed by atoms with Crippen molar-refractivity contribution >= 4 is 67.5 Å². The van der Waals surface area contributed by atoms with Crippen LogP contribution in [0.4, 0.5) is 0 Å². The zero-order chi connectivity index (χ0) is 35.3. The molecule has 5 nitrogen and oxygen atoms in total. The van der Waals surface area contributed by atoms with Gasteiger partial charge in [-0.25, -0.2) is 4.98 Å². The molecule has 1 aliphatic rings. The molecule has 0 aliphatic carbocycles. The number of halogens is 2. The molecule has 50 heavy (non-hydrogen) atoms. The molecule has 1 fully saturated rings. The van der Waals surface area contributed by atoms with Gasteiger partial charge in [0, 0.05) is 12.3 Å². The summed E-state index contributed by atoms with van der Waals surface area (Å²) in [6, 6.07) is 51.5. The van der Waals surface area contributed by atoms with Crippen LogP contribution >= 0.6 is 35.2 Å². The molecule has 1 aliphatic heterocycles. The molecular formula is C40H43Cl2N3O2P2Ru. The molecule has 1 aromatic heterocycles. The van der Waals surface area contributed by atoms with Gasteiger partial charge in [0.2, 0.25) is 0 Å². The average molecular weight is 832 g/mol. The van der Waals surface area contributed by atoms with Crippen molar-refractivity contribution in [3.05, 3.63) is 151 Å². The van der Waals surface area contributed by atoms with Crippen LogP contribution in [0.25, 0.3) is 11.0 Å². The van der Waals surface area contributed by atoms with Crippen molar-refractivity contribution in [2.75, 3.05) is 12.3 Å². The predicted molar refractivity (Wildman–Crippen MR) is 212 cm³/mol. The number of hydrogen-bond acceptors (Lipinski definition) is 4. The van der Waals surface area contributed by atoms with Gasteiger partial charge < -0.3 is 20.2 Å². The van der Waals surface area contributed by atoms with E-state index in [1.807, 2.05) is 31.2 Å². The summed E-state index contributed by atoms with van der Waals surface area (Å²) in [6.07, 6.45) is 1.97. The number of hydrogen-bond donors (Lipinski definition) is 2. The third-order valence-corrected chi connectivity index (χ3v) is 13.3. The number of benzene rings is 5. The first-order chi connectivity index (χ1) is 24.3. The minimum atomic E-state index is -0.585. The van der Waals surface area contributed by atoms with Gasteiger partial charge in [0.1, 0.15) is 5.82 Å². The second-order valence-corrected chi connectivity index (χ2v) is 19.4. The SMILES string of the molecule is CC1(C)O[C@H](CP(c2ccccc2)c2ccccc2)[C@@H](CP(c2ccccc2)c2ccccc2)O1.C[C@H](N)c1nc2ccccc2[nH]1.[Cl][Ru][Cl]. The van der Waals surface area contributed by atoms with Crippen molar-refractivity contribution in [2.24, 2.45) is 5.73 Å². The molecule has 0 saturated carbocycles. The van der Waals surface area contributed by atoms with E-state index in [-0.39, 0.29) is 33.4 Å². The summed E-state index contributed by atoms with van der Waals surface area (Å²) < 4.78 is 13.2. The number of H-pyrrole nitrogens is 1. The van der Waals surface area contributed by atoms with Gasteiger partial charge in [0.05, 0.1) is 29.3 Å². The van der Waals surface area contributed by atoms with E-state index in [2.05, 4.69) is 145 Å². The van der Waals surface area contributed by atoms with Gasteiger partial charge in [0.15, 0.2) is 5.79 Å². The Labute approximate surface area is 314 Å². The van der Waals surface area contributed by atoms with Crippen LogP contribution in [0.3, 0.4) is 0 Å². The number of nitrogens with two attached hydrogens (primary N) is 1. The van der Waals surface area contributed by atoms with Gasteiger partial charge in [-0.2, -0.15) is 0 Å². The molecule has 3 N–H and O–H groups in total. The number of nitrogens with one attached hydrogen (secondary N) is 1. The molecule has 0 spiro atoms. The second-order valence-electron chi connectivity index (χ2n) is 12.3. The Morgan fingerprint density at radius 2 is 1.00 bits per heavy atom. The summed E-state index contributed by atoms with van der Waals surface area (Å²) in [6.45, 7) is 6.03. The Kier molecular flexibility index (Phi) is 15.0. The van der Waals surface area contributed by atoms with Gasteiger partial charge in [-0.1, -0.05) is 133 Å². The molecule has 0 amide bonds. The fraction of sp³-hybridized carbons (Fsp3) is 0.225. The fourth-order valence-electron chi connectivity index (χ4n) is 5.92. The summed E-state index contributed by atoms with van der Waals surface area (Å²) in [5.74, 6) is 0.258. The first-order valence-corrected chi connectivity index (χ1v) is 24.0. The van der Waals surface area contributed by atoms with Crippen LogP contribution in [0.2, 0.25) is 0 Å². The first kappa shape index (κ1) is 38.7. The quantitative estimate of drug-likeness (QED) is 0.113. The Hall–Kier alpha value is -2.49. The molecule has 0 radical (unpaired) electrons. The van der Waals surface area contributed by atoms with Crippen LogP contribution in [0.15, 0.2) is 146 Å². The standard InChI is InChI=1S/C31H32O2P2.C9H11N3.2ClH.Ru/c1-31(2)32-29(23-34(25-15-7-3-8-16-25)26-17-9-4-10-18-26)30(33-31)24-35(27-19-11-5-12-20-27)28-21-13-6-14-22-28;1-6(10)9-11-7-4-2-3-5-8(7)12-9;;;/h3-22,29-30H,23-24H2,1-2H3;2-6H,10H2,1H3,(H,11,12);2*1H;/q;;;;+2/p-2/t29-,30-;6-;;;/m10.../s1. The summed E-state index contributed by atoms with van der Waals surface area (Å²) in [5.41, 5.74) is 7.71. The van der Waals surface area contributed by atoms with Crippen LogP contribution in [0.1, 0.15) is 32.6 Å². The third kappa shape index (κ3) is 11.0. The molecule has 1 saturated heterocycles. The number of nitrogens with zero attached hydrogens (tertiary/aromatic N) is 1. The zero-order valence-electron chi connectivity index (χ0n) is 28.3. The summed E-state index contributed by atoms with van der Waals surface area (Å²) in [7, 11) is 8.59. The normalized spacial score (nSPS) is 17.2. The van der Waals surface area contributed by atoms with E-state index in [1.54, 1.807) is 0 Å². The van der Waals surface area contributed by atoms with Crippen LogP contribution < -0.4 is 27.0 Å². The van der Waals surface area contributed by atoms with Crippen LogP contribution in [-0.4, -0.2) is 40.3 Å². The molecule has 262 valence electrons. The molecule has 3 atom stereocenters. The van der Waals surface area contributed by atoms with Gasteiger partial charge >= 0.3 is 34.5 Å². The Bertz CT molecular complexity index is 1650. The van der Waals surface area contributed by atoms with Gasteiger partial charge in [-0.15, -0.1) is 0 Å². The maximum absolute atomic E-state index is 6.61. The Balaban J connectivity index is 0.000000269. The summed E-state index contributed by atoms with van der Waals surface area (Å²) in [4.78, 5) is 7.49. The van der Waals surface area contributed by atoms with Crippen LogP contribution in [0, 0.1) is 0 Å². The molecule has 10 heteroatoms. The van der Waals surface area contributed by atoms with Crippen molar-refractivity contribution < 1.29 is 24.6 Å². The monoisotopic (exact) mass is 831 g/mol. The van der Waals surface area contributed by atoms with Crippen molar-refractivity contribution in [2.45, 2.75) is 44.8 Å². The number of imidazole rings is 1. The molecular weight excluding hydrogens is 788 g/mol. The average Bonchev–Trinajstić information content (AvgIpc) is 3.71. The van der Waals surface area contributed by atoms with E-state index in [0.717, 1.165) is 29.2 Å². The van der Waals surface area contributed by atoms with E-state index in [4.69, 9.17) is 34.6 Å². The second kappa shape index (κ2) is 19.4. The van der Waals surface area contributed by atoms with Crippen molar-refractivity contribution in [1.29, 1.82) is 0 Å². The van der Waals surface area contributed by atoms with Gasteiger partial charge in [-0.05, 0) is 70.0 Å². The predicted octanol–water partition coefficient (Wildman–Crippen LogP) is 8.73. The van der Waals surface area contributed by atoms with Crippen molar-refractivity contribution in [3.8, 4) is 0 Å². The van der Waals surface area contributed by atoms with E-state index in [1.165, 1.54) is 21.2 Å². The van der Waals surface area contributed by atoms with E-state index in [9.17, 15) is 0 Å². The third-order valence-electron chi connectivity index (χ3n) is 8.12. The summed E-state index contributed by atoms with van der Waals surface area (Å²) in [5, 5.41) is 5.53. The van der Waals surface area contributed by atoms with Crippen molar-refractivity contribution in [1.82, 2.24) is 9.97 Å². The number of fused-ring (bicyclic) bond motifs is 1. The number of aromatic nitrogens is 2. The molecule has 0 bridgehead atoms. The van der Waals surface area contributed by atoms with Crippen LogP contribution in [0.5, 0.6) is 0 Å². The molecule has 5 aromatic carbocycles. The summed E-state index contributed by atoms with van der Waals surface area (Å²) >= 11 is -0.346. The Morgan fingerprint density at radius 3 is 1.34 bits per heavy atom. The Morgan fingerprint density at radius 1 is 0.660 bits per heavy atom. The molecule has 2 heterocycles. The zero-order valence-corrected chi connectivity index (χ0v) is 33.4. The van der Waals surface area contributed by atoms with Gasteiger partial charge in [0.25, 0.3) is 0 Å². The van der Waals surface area contributed by atoms with Gasteiger partial charge in [-0.3, -0.25) is 0 Å². The number of aromatic amines is 1. The fourth-order valence-corrected chi connectivity index (χ4v) is 10.8. The number of ether oxygens (including phenoxy) is 2. The molecule has 6 aromatic rings.